The molecule has 4 heteroatoms. The highest BCUT2D eigenvalue weighted by atomic mass is 32.2. The van der Waals surface area contributed by atoms with Crippen molar-refractivity contribution in [3.8, 4) is 0 Å². The van der Waals surface area contributed by atoms with Crippen molar-refractivity contribution in [3.05, 3.63) is 11.0 Å². The van der Waals surface area contributed by atoms with Crippen LogP contribution in [0.15, 0.2) is 16.0 Å². The summed E-state index contributed by atoms with van der Waals surface area (Å²) in [5, 5.41) is 2.71. The molecule has 70 valence electrons. The fourth-order valence-corrected chi connectivity index (χ4v) is 2.69. The maximum Gasteiger partial charge on any atom is 0.235 e. The molecule has 2 atom stereocenters. The van der Waals surface area contributed by atoms with Gasteiger partial charge in [0.25, 0.3) is 0 Å². The molecule has 2 heterocycles. The number of carbonyl (C=O) groups is 1. The Kier molecular flexibility index (Phi) is 2.15. The standard InChI is InChI=1S/C9H12N2OS/c1-5(2)7-3-6-8(12)10-4-11-9(6)13-7/h3-6,9H,1-2H3,(H,10,11,12)/t6-,9-/m1/s1. The van der Waals surface area contributed by atoms with Crippen molar-refractivity contribution in [2.75, 3.05) is 0 Å². The van der Waals surface area contributed by atoms with Gasteiger partial charge in [0.15, 0.2) is 0 Å². The number of carbonyl (C=O) groups excluding carboxylic acids is 1. The summed E-state index contributed by atoms with van der Waals surface area (Å²) in [7, 11) is 0. The Morgan fingerprint density at radius 1 is 1.62 bits per heavy atom. The molecule has 0 aromatic rings. The molecule has 0 unspecified atom stereocenters. The number of thioether (sulfide) groups is 1. The lowest BCUT2D eigenvalue weighted by atomic mass is 10.1. The molecule has 2 rings (SSSR count). The summed E-state index contributed by atoms with van der Waals surface area (Å²) in [4.78, 5) is 16.9. The van der Waals surface area contributed by atoms with Gasteiger partial charge in [0.05, 0.1) is 12.3 Å². The fourth-order valence-electron chi connectivity index (χ4n) is 1.44. The van der Waals surface area contributed by atoms with Crippen LogP contribution in [-0.4, -0.2) is 17.6 Å². The molecule has 3 nitrogen and oxygen atoms in total. The van der Waals surface area contributed by atoms with E-state index in [2.05, 4.69) is 24.2 Å². The molecule has 1 N–H and O–H groups in total. The zero-order chi connectivity index (χ0) is 9.42. The van der Waals surface area contributed by atoms with E-state index < -0.39 is 0 Å². The van der Waals surface area contributed by atoms with Crippen molar-refractivity contribution in [1.82, 2.24) is 5.32 Å². The highest BCUT2D eigenvalue weighted by Gasteiger charge is 2.35. The summed E-state index contributed by atoms with van der Waals surface area (Å²) in [6.45, 7) is 4.27. The van der Waals surface area contributed by atoms with Crippen LogP contribution in [0.4, 0.5) is 0 Å². The SMILES string of the molecule is CC(C)C1=C[C@@H]2C(=O)NC=N[C@@H]2S1. The Labute approximate surface area is 81.7 Å². The Balaban J connectivity index is 2.21. The number of fused-ring (bicyclic) bond motifs is 1. The smallest absolute Gasteiger partial charge is 0.235 e. The van der Waals surface area contributed by atoms with E-state index in [0.29, 0.717) is 5.92 Å². The van der Waals surface area contributed by atoms with Crippen molar-refractivity contribution in [2.45, 2.75) is 19.2 Å². The minimum absolute atomic E-state index is 0.0487. The topological polar surface area (TPSA) is 41.5 Å². The summed E-state index contributed by atoms with van der Waals surface area (Å²) >= 11 is 1.71. The first-order valence-corrected chi connectivity index (χ1v) is 5.27. The first kappa shape index (κ1) is 8.81. The van der Waals surface area contributed by atoms with Crippen LogP contribution in [0.3, 0.4) is 0 Å². The monoisotopic (exact) mass is 196 g/mol. The minimum Gasteiger partial charge on any atom is -0.317 e. The highest BCUT2D eigenvalue weighted by molar-refractivity contribution is 8.04. The average molecular weight is 196 g/mol. The molecule has 2 aliphatic heterocycles. The van der Waals surface area contributed by atoms with Gasteiger partial charge in [-0.15, -0.1) is 11.8 Å². The molecule has 0 spiro atoms. The third-order valence-corrected chi connectivity index (χ3v) is 3.74. The Hall–Kier alpha value is -0.770. The van der Waals surface area contributed by atoms with Crippen LogP contribution in [0.25, 0.3) is 0 Å². The Morgan fingerprint density at radius 3 is 3.00 bits per heavy atom. The van der Waals surface area contributed by atoms with Crippen LogP contribution in [0, 0.1) is 11.8 Å². The quantitative estimate of drug-likeness (QED) is 0.688. The molecule has 0 radical (unpaired) electrons. The van der Waals surface area contributed by atoms with Crippen molar-refractivity contribution in [3.63, 3.8) is 0 Å². The van der Waals surface area contributed by atoms with Crippen molar-refractivity contribution in [2.24, 2.45) is 16.8 Å². The first-order chi connectivity index (χ1) is 6.18. The number of nitrogens with zero attached hydrogens (tertiary/aromatic N) is 1. The number of rotatable bonds is 1. The third-order valence-electron chi connectivity index (χ3n) is 2.21. The van der Waals surface area contributed by atoms with Gasteiger partial charge in [-0.2, -0.15) is 0 Å². The van der Waals surface area contributed by atoms with E-state index in [0.717, 1.165) is 0 Å². The second-order valence-corrected chi connectivity index (χ2v) is 4.73. The third kappa shape index (κ3) is 1.50. The van der Waals surface area contributed by atoms with Gasteiger partial charge in [-0.25, -0.2) is 0 Å². The van der Waals surface area contributed by atoms with Crippen LogP contribution in [0.5, 0.6) is 0 Å². The van der Waals surface area contributed by atoms with E-state index in [1.54, 1.807) is 11.8 Å². The van der Waals surface area contributed by atoms with Crippen LogP contribution >= 0.6 is 11.8 Å². The summed E-state index contributed by atoms with van der Waals surface area (Å²) in [5.41, 5.74) is 0. The van der Waals surface area contributed by atoms with Gasteiger partial charge in [0.1, 0.15) is 5.37 Å². The largest absolute Gasteiger partial charge is 0.317 e. The van der Waals surface area contributed by atoms with Crippen LogP contribution in [0.1, 0.15) is 13.8 Å². The first-order valence-electron chi connectivity index (χ1n) is 4.39. The number of hydrogen-bond donors (Lipinski definition) is 1. The summed E-state index contributed by atoms with van der Waals surface area (Å²) in [5.74, 6) is 0.522. The van der Waals surface area contributed by atoms with Crippen LogP contribution < -0.4 is 5.32 Å². The van der Waals surface area contributed by atoms with Gasteiger partial charge in [-0.1, -0.05) is 19.9 Å². The molecule has 0 fully saturated rings. The van der Waals surface area contributed by atoms with E-state index in [1.807, 2.05) is 6.08 Å². The maximum absolute atomic E-state index is 11.4. The van der Waals surface area contributed by atoms with Crippen LogP contribution in [-0.2, 0) is 4.79 Å². The zero-order valence-corrected chi connectivity index (χ0v) is 8.47. The number of aliphatic imine (C=N–C) groups is 1. The number of hydrogen-bond acceptors (Lipinski definition) is 3. The van der Waals surface area contributed by atoms with Crippen molar-refractivity contribution < 1.29 is 4.79 Å². The molecule has 2 aliphatic rings. The lowest BCUT2D eigenvalue weighted by molar-refractivity contribution is -0.122. The molecule has 1 amide bonds. The van der Waals surface area contributed by atoms with Crippen LogP contribution in [0.2, 0.25) is 0 Å². The van der Waals surface area contributed by atoms with E-state index >= 15 is 0 Å². The summed E-state index contributed by atoms with van der Waals surface area (Å²) in [6.07, 6.45) is 3.56. The highest BCUT2D eigenvalue weighted by Crippen LogP contribution is 2.41. The minimum atomic E-state index is -0.0487. The van der Waals surface area contributed by atoms with Gasteiger partial charge < -0.3 is 5.32 Å². The molecule has 0 aromatic heterocycles. The average Bonchev–Trinajstić information content (AvgIpc) is 2.49. The maximum atomic E-state index is 11.4. The van der Waals surface area contributed by atoms with Crippen molar-refractivity contribution >= 4 is 24.0 Å². The second kappa shape index (κ2) is 3.18. The number of nitrogens with one attached hydrogen (secondary N) is 1. The number of amides is 1. The second-order valence-electron chi connectivity index (χ2n) is 3.54. The molecule has 13 heavy (non-hydrogen) atoms. The molecule has 0 aromatic carbocycles. The molecular formula is C9H12N2OS. The van der Waals surface area contributed by atoms with Gasteiger partial charge >= 0.3 is 0 Å². The fraction of sp³-hybridized carbons (Fsp3) is 0.556. The van der Waals surface area contributed by atoms with E-state index in [4.69, 9.17) is 0 Å². The molecular weight excluding hydrogens is 184 g/mol. The van der Waals surface area contributed by atoms with E-state index in [9.17, 15) is 4.79 Å². The predicted molar refractivity (Wildman–Crippen MR) is 54.4 cm³/mol. The lowest BCUT2D eigenvalue weighted by Gasteiger charge is -2.17. The van der Waals surface area contributed by atoms with Gasteiger partial charge in [-0.05, 0) is 10.8 Å². The van der Waals surface area contributed by atoms with Crippen molar-refractivity contribution in [1.29, 1.82) is 0 Å². The van der Waals surface area contributed by atoms with E-state index in [-0.39, 0.29) is 17.2 Å². The van der Waals surface area contributed by atoms with Gasteiger partial charge in [0, 0.05) is 0 Å². The van der Waals surface area contributed by atoms with E-state index in [1.165, 1.54) is 11.2 Å². The Bertz CT molecular complexity index is 296. The normalized spacial score (nSPS) is 31.6. The number of allylic oxidation sites excluding steroid dienone is 1. The summed E-state index contributed by atoms with van der Waals surface area (Å²) < 4.78 is 0. The molecule has 0 bridgehead atoms. The zero-order valence-electron chi connectivity index (χ0n) is 7.65. The molecule has 0 aliphatic carbocycles. The molecule has 0 saturated heterocycles. The molecule has 0 saturated carbocycles. The Morgan fingerprint density at radius 2 is 2.38 bits per heavy atom. The predicted octanol–water partition coefficient (Wildman–Crippen LogP) is 1.37. The van der Waals surface area contributed by atoms with Gasteiger partial charge in [0.2, 0.25) is 5.91 Å². The lowest BCUT2D eigenvalue weighted by Crippen LogP contribution is -2.36. The van der Waals surface area contributed by atoms with Gasteiger partial charge in [-0.3, -0.25) is 9.79 Å². The summed E-state index contributed by atoms with van der Waals surface area (Å²) in [6, 6.07) is 0.